The number of carbonyl (C=O) groups excluding carboxylic acids is 1. The van der Waals surface area contributed by atoms with Crippen molar-refractivity contribution < 1.29 is 13.9 Å². The number of nitrogens with one attached hydrogen (secondary N) is 1. The van der Waals surface area contributed by atoms with E-state index < -0.39 is 0 Å². The summed E-state index contributed by atoms with van der Waals surface area (Å²) in [5, 5.41) is 2.87. The van der Waals surface area contributed by atoms with E-state index in [-0.39, 0.29) is 11.7 Å². The number of pyridine rings is 1. The lowest BCUT2D eigenvalue weighted by molar-refractivity contribution is 0.0950. The number of nitrogens with zero attached hydrogens (tertiary/aromatic N) is 1. The van der Waals surface area contributed by atoms with Gasteiger partial charge in [0, 0.05) is 18.3 Å². The Kier molecular flexibility index (Phi) is 6.15. The molecule has 1 heterocycles. The summed E-state index contributed by atoms with van der Waals surface area (Å²) in [4.78, 5) is 16.6. The Hall–Kier alpha value is -3.21. The van der Waals surface area contributed by atoms with E-state index in [0.717, 1.165) is 17.7 Å². The average Bonchev–Trinajstić information content (AvgIpc) is 2.71. The Morgan fingerprint density at radius 1 is 1.11 bits per heavy atom. The Balaban J connectivity index is 1.58. The van der Waals surface area contributed by atoms with Crippen molar-refractivity contribution in [2.45, 2.75) is 19.9 Å². The standard InChI is InChI=1S/C22H21FN2O2/c1-2-12-27-20-9-6-16(7-10-20)14-25-22(26)18-8-11-21(24-15-18)17-4-3-5-19(23)13-17/h3-11,13,15H,2,12,14H2,1H3,(H,25,26). The number of benzene rings is 2. The Bertz CT molecular complexity index is 893. The van der Waals surface area contributed by atoms with Gasteiger partial charge in [-0.15, -0.1) is 0 Å². The molecule has 0 atom stereocenters. The van der Waals surface area contributed by atoms with E-state index in [0.29, 0.717) is 30.0 Å². The molecule has 3 rings (SSSR count). The quantitative estimate of drug-likeness (QED) is 0.666. The third-order valence-corrected chi connectivity index (χ3v) is 4.00. The van der Waals surface area contributed by atoms with Gasteiger partial charge in [-0.2, -0.15) is 0 Å². The molecule has 1 N–H and O–H groups in total. The van der Waals surface area contributed by atoms with Crippen LogP contribution in [0.25, 0.3) is 11.3 Å². The van der Waals surface area contributed by atoms with Gasteiger partial charge >= 0.3 is 0 Å². The Labute approximate surface area is 158 Å². The van der Waals surface area contributed by atoms with Crippen LogP contribution in [0, 0.1) is 5.82 Å². The topological polar surface area (TPSA) is 51.2 Å². The highest BCUT2D eigenvalue weighted by Crippen LogP contribution is 2.18. The normalized spacial score (nSPS) is 10.4. The van der Waals surface area contributed by atoms with Gasteiger partial charge in [0.15, 0.2) is 0 Å². The highest BCUT2D eigenvalue weighted by atomic mass is 19.1. The van der Waals surface area contributed by atoms with Crippen molar-refractivity contribution in [1.82, 2.24) is 10.3 Å². The van der Waals surface area contributed by atoms with Crippen molar-refractivity contribution in [3.05, 3.63) is 83.8 Å². The van der Waals surface area contributed by atoms with Crippen LogP contribution in [-0.4, -0.2) is 17.5 Å². The van der Waals surface area contributed by atoms with E-state index in [2.05, 4.69) is 17.2 Å². The summed E-state index contributed by atoms with van der Waals surface area (Å²) in [7, 11) is 0. The summed E-state index contributed by atoms with van der Waals surface area (Å²) in [6.07, 6.45) is 2.46. The third kappa shape index (κ3) is 5.14. The van der Waals surface area contributed by atoms with Gasteiger partial charge in [-0.3, -0.25) is 9.78 Å². The summed E-state index contributed by atoms with van der Waals surface area (Å²) in [5.74, 6) is 0.297. The molecule has 0 aliphatic heterocycles. The lowest BCUT2D eigenvalue weighted by Crippen LogP contribution is -2.22. The maximum Gasteiger partial charge on any atom is 0.253 e. The third-order valence-electron chi connectivity index (χ3n) is 4.00. The van der Waals surface area contributed by atoms with Crippen molar-refractivity contribution in [3.63, 3.8) is 0 Å². The van der Waals surface area contributed by atoms with Crippen LogP contribution in [0.15, 0.2) is 66.9 Å². The molecule has 5 heteroatoms. The fourth-order valence-corrected chi connectivity index (χ4v) is 2.55. The lowest BCUT2D eigenvalue weighted by atomic mass is 10.1. The molecule has 0 fully saturated rings. The number of rotatable bonds is 7. The number of amides is 1. The van der Waals surface area contributed by atoms with Gasteiger partial charge in [0.25, 0.3) is 5.91 Å². The molecule has 0 radical (unpaired) electrons. The molecule has 0 saturated carbocycles. The van der Waals surface area contributed by atoms with E-state index in [9.17, 15) is 9.18 Å². The maximum atomic E-state index is 13.3. The van der Waals surface area contributed by atoms with Crippen LogP contribution in [0.2, 0.25) is 0 Å². The summed E-state index contributed by atoms with van der Waals surface area (Å²) in [6, 6.07) is 17.2. The van der Waals surface area contributed by atoms with Crippen LogP contribution in [0.3, 0.4) is 0 Å². The van der Waals surface area contributed by atoms with Crippen LogP contribution < -0.4 is 10.1 Å². The van der Waals surface area contributed by atoms with Crippen molar-refractivity contribution in [3.8, 4) is 17.0 Å². The number of hydrogen-bond acceptors (Lipinski definition) is 3. The van der Waals surface area contributed by atoms with Crippen LogP contribution in [0.5, 0.6) is 5.75 Å². The van der Waals surface area contributed by atoms with Crippen molar-refractivity contribution >= 4 is 5.91 Å². The average molecular weight is 364 g/mol. The molecule has 3 aromatic rings. The molecule has 4 nitrogen and oxygen atoms in total. The molecular weight excluding hydrogens is 343 g/mol. The van der Waals surface area contributed by atoms with Gasteiger partial charge in [-0.05, 0) is 48.4 Å². The van der Waals surface area contributed by atoms with E-state index >= 15 is 0 Å². The lowest BCUT2D eigenvalue weighted by Gasteiger charge is -2.08. The highest BCUT2D eigenvalue weighted by Gasteiger charge is 2.07. The molecule has 1 aromatic heterocycles. The fraction of sp³-hybridized carbons (Fsp3) is 0.182. The van der Waals surface area contributed by atoms with E-state index in [4.69, 9.17) is 4.74 Å². The molecule has 0 unspecified atom stereocenters. The van der Waals surface area contributed by atoms with E-state index in [1.54, 1.807) is 24.3 Å². The molecule has 0 bridgehead atoms. The molecule has 0 aliphatic carbocycles. The van der Waals surface area contributed by atoms with E-state index in [1.165, 1.54) is 18.3 Å². The van der Waals surface area contributed by atoms with Gasteiger partial charge in [0.2, 0.25) is 0 Å². The van der Waals surface area contributed by atoms with Gasteiger partial charge < -0.3 is 10.1 Å². The number of hydrogen-bond donors (Lipinski definition) is 1. The van der Waals surface area contributed by atoms with Gasteiger partial charge in [0.05, 0.1) is 17.9 Å². The fourth-order valence-electron chi connectivity index (χ4n) is 2.55. The van der Waals surface area contributed by atoms with Crippen LogP contribution >= 0.6 is 0 Å². The molecule has 1 amide bonds. The van der Waals surface area contributed by atoms with Crippen molar-refractivity contribution in [2.24, 2.45) is 0 Å². The SMILES string of the molecule is CCCOc1ccc(CNC(=O)c2ccc(-c3cccc(F)c3)nc2)cc1. The summed E-state index contributed by atoms with van der Waals surface area (Å²) >= 11 is 0. The first-order chi connectivity index (χ1) is 13.2. The number of carbonyl (C=O) groups is 1. The molecule has 0 aliphatic rings. The predicted octanol–water partition coefficient (Wildman–Crippen LogP) is 4.61. The number of aromatic nitrogens is 1. The van der Waals surface area contributed by atoms with Crippen LogP contribution in [0.4, 0.5) is 4.39 Å². The van der Waals surface area contributed by atoms with Gasteiger partial charge in [-0.1, -0.05) is 31.2 Å². The van der Waals surface area contributed by atoms with Crippen molar-refractivity contribution in [1.29, 1.82) is 0 Å². The van der Waals surface area contributed by atoms with E-state index in [1.807, 2.05) is 24.3 Å². The zero-order valence-electron chi connectivity index (χ0n) is 15.1. The second-order valence-corrected chi connectivity index (χ2v) is 6.12. The molecule has 0 saturated heterocycles. The Morgan fingerprint density at radius 2 is 1.93 bits per heavy atom. The predicted molar refractivity (Wildman–Crippen MR) is 103 cm³/mol. The largest absolute Gasteiger partial charge is 0.494 e. The molecule has 2 aromatic carbocycles. The molecule has 0 spiro atoms. The zero-order valence-corrected chi connectivity index (χ0v) is 15.1. The van der Waals surface area contributed by atoms with Crippen LogP contribution in [-0.2, 0) is 6.54 Å². The highest BCUT2D eigenvalue weighted by molar-refractivity contribution is 5.94. The smallest absolute Gasteiger partial charge is 0.253 e. The minimum atomic E-state index is -0.317. The molecule has 138 valence electrons. The van der Waals surface area contributed by atoms with Gasteiger partial charge in [0.1, 0.15) is 11.6 Å². The maximum absolute atomic E-state index is 13.3. The number of halogens is 1. The summed E-state index contributed by atoms with van der Waals surface area (Å²) in [5.41, 5.74) is 2.73. The first-order valence-electron chi connectivity index (χ1n) is 8.87. The van der Waals surface area contributed by atoms with Crippen molar-refractivity contribution in [2.75, 3.05) is 6.61 Å². The first kappa shape index (κ1) is 18.6. The number of ether oxygens (including phenoxy) is 1. The minimum Gasteiger partial charge on any atom is -0.494 e. The van der Waals surface area contributed by atoms with Gasteiger partial charge in [-0.25, -0.2) is 4.39 Å². The zero-order chi connectivity index (χ0) is 19.1. The first-order valence-corrected chi connectivity index (χ1v) is 8.87. The minimum absolute atomic E-state index is 0.209. The second-order valence-electron chi connectivity index (χ2n) is 6.12. The van der Waals surface area contributed by atoms with Crippen LogP contribution in [0.1, 0.15) is 29.3 Å². The molecule has 27 heavy (non-hydrogen) atoms. The summed E-state index contributed by atoms with van der Waals surface area (Å²) in [6.45, 7) is 3.16. The monoisotopic (exact) mass is 364 g/mol. The second kappa shape index (κ2) is 8.94. The molecular formula is C22H21FN2O2. The summed E-state index contributed by atoms with van der Waals surface area (Å²) < 4.78 is 18.8. The Morgan fingerprint density at radius 3 is 2.59 bits per heavy atom.